The quantitative estimate of drug-likeness (QED) is 0.841. The zero-order valence-corrected chi connectivity index (χ0v) is 13.0. The first-order valence-electron chi connectivity index (χ1n) is 8.28. The smallest absolute Gasteiger partial charge is 0.212 e. The summed E-state index contributed by atoms with van der Waals surface area (Å²) in [5, 5.41) is 3.55. The van der Waals surface area contributed by atoms with E-state index in [1.165, 1.54) is 24.8 Å². The molecule has 0 saturated heterocycles. The number of anilines is 1. The molecule has 0 amide bonds. The molecule has 112 valence electrons. The van der Waals surface area contributed by atoms with Crippen LogP contribution in [0.1, 0.15) is 33.1 Å². The highest BCUT2D eigenvalue weighted by atomic mass is 15.4. The van der Waals surface area contributed by atoms with Crippen LogP contribution in [0.2, 0.25) is 0 Å². The van der Waals surface area contributed by atoms with E-state index in [0.717, 1.165) is 42.7 Å². The molecule has 1 aliphatic carbocycles. The summed E-state index contributed by atoms with van der Waals surface area (Å²) in [6.45, 7) is 6.92. The second-order valence-electron chi connectivity index (χ2n) is 6.90. The molecule has 1 unspecified atom stereocenters. The van der Waals surface area contributed by atoms with Crippen LogP contribution in [0.15, 0.2) is 24.3 Å². The average Bonchev–Trinajstić information content (AvgIpc) is 2.88. The fourth-order valence-electron chi connectivity index (χ4n) is 4.23. The molecule has 2 aliphatic rings. The minimum atomic E-state index is 0.774. The molecule has 1 fully saturated rings. The summed E-state index contributed by atoms with van der Waals surface area (Å²) in [5.41, 5.74) is 2.36. The fourth-order valence-corrected chi connectivity index (χ4v) is 4.23. The molecule has 1 aromatic heterocycles. The van der Waals surface area contributed by atoms with Crippen LogP contribution in [-0.4, -0.2) is 22.3 Å². The second-order valence-corrected chi connectivity index (χ2v) is 6.90. The van der Waals surface area contributed by atoms with E-state index < -0.39 is 0 Å². The van der Waals surface area contributed by atoms with Crippen LogP contribution in [0.3, 0.4) is 0 Å². The summed E-state index contributed by atoms with van der Waals surface area (Å²) in [6, 6.07) is 9.24. The summed E-state index contributed by atoms with van der Waals surface area (Å²) in [5.74, 6) is 2.71. The molecule has 0 radical (unpaired) electrons. The van der Waals surface area contributed by atoms with Crippen molar-refractivity contribution in [2.45, 2.75) is 45.8 Å². The number of hydrogen-bond donors (Lipinski definition) is 2. The number of benzene rings is 1. The molecule has 2 heterocycles. The van der Waals surface area contributed by atoms with Gasteiger partial charge in [0.2, 0.25) is 5.95 Å². The van der Waals surface area contributed by atoms with Gasteiger partial charge in [0.15, 0.2) is 13.3 Å². The summed E-state index contributed by atoms with van der Waals surface area (Å²) in [6.07, 6.45) is 4.15. The molecule has 0 spiro atoms. The van der Waals surface area contributed by atoms with Crippen molar-refractivity contribution in [2.24, 2.45) is 11.8 Å². The van der Waals surface area contributed by atoms with Gasteiger partial charge in [-0.05, 0) is 37.3 Å². The summed E-state index contributed by atoms with van der Waals surface area (Å²) >= 11 is 0. The summed E-state index contributed by atoms with van der Waals surface area (Å²) in [7, 11) is 0. The molecule has 2 N–H and O–H groups in total. The van der Waals surface area contributed by atoms with E-state index in [1.807, 2.05) is 0 Å². The van der Waals surface area contributed by atoms with Crippen LogP contribution in [0.4, 0.5) is 5.95 Å². The van der Waals surface area contributed by atoms with Gasteiger partial charge in [0.25, 0.3) is 0 Å². The second kappa shape index (κ2) is 5.02. The molecule has 1 aliphatic heterocycles. The molecule has 2 aromatic rings. The number of hydrogen-bond acceptors (Lipinski definition) is 2. The number of aromatic nitrogens is 2. The van der Waals surface area contributed by atoms with E-state index in [1.54, 1.807) is 4.90 Å². The van der Waals surface area contributed by atoms with Gasteiger partial charge in [0, 0.05) is 5.92 Å². The highest BCUT2D eigenvalue weighted by Crippen LogP contribution is 2.28. The predicted molar refractivity (Wildman–Crippen MR) is 85.2 cm³/mol. The van der Waals surface area contributed by atoms with Crippen LogP contribution < -0.4 is 10.2 Å². The molecule has 21 heavy (non-hydrogen) atoms. The maximum Gasteiger partial charge on any atom is 0.212 e. The SMILES string of the molecule is C[C@@H]1[C@H](C)CCC[C@@H]1[NH+]1CNc2nc3ccccc3n2C1. The van der Waals surface area contributed by atoms with Gasteiger partial charge in [0.1, 0.15) is 0 Å². The Bertz CT molecular complexity index is 647. The Morgan fingerprint density at radius 3 is 3.00 bits per heavy atom. The summed E-state index contributed by atoms with van der Waals surface area (Å²) < 4.78 is 2.36. The third-order valence-corrected chi connectivity index (χ3v) is 5.72. The highest BCUT2D eigenvalue weighted by molar-refractivity contribution is 5.78. The van der Waals surface area contributed by atoms with Gasteiger partial charge in [-0.1, -0.05) is 26.0 Å². The molecule has 4 rings (SSSR count). The van der Waals surface area contributed by atoms with Crippen LogP contribution in [0.5, 0.6) is 0 Å². The Morgan fingerprint density at radius 2 is 2.10 bits per heavy atom. The van der Waals surface area contributed by atoms with Gasteiger partial charge in [-0.3, -0.25) is 9.47 Å². The van der Waals surface area contributed by atoms with E-state index in [2.05, 4.69) is 48.0 Å². The van der Waals surface area contributed by atoms with Gasteiger partial charge in [-0.2, -0.15) is 0 Å². The van der Waals surface area contributed by atoms with E-state index in [4.69, 9.17) is 4.98 Å². The average molecular weight is 285 g/mol. The molecule has 1 saturated carbocycles. The lowest BCUT2D eigenvalue weighted by Gasteiger charge is -2.40. The number of rotatable bonds is 1. The number of nitrogens with one attached hydrogen (secondary N) is 2. The fraction of sp³-hybridized carbons (Fsp3) is 0.588. The van der Waals surface area contributed by atoms with Crippen molar-refractivity contribution in [1.29, 1.82) is 0 Å². The van der Waals surface area contributed by atoms with Gasteiger partial charge in [-0.25, -0.2) is 4.98 Å². The number of nitrogens with zero attached hydrogens (tertiary/aromatic N) is 2. The molecular weight excluding hydrogens is 260 g/mol. The lowest BCUT2D eigenvalue weighted by molar-refractivity contribution is -0.951. The first-order valence-corrected chi connectivity index (χ1v) is 8.28. The molecule has 1 aromatic carbocycles. The van der Waals surface area contributed by atoms with Crippen molar-refractivity contribution in [1.82, 2.24) is 9.55 Å². The van der Waals surface area contributed by atoms with Crippen LogP contribution in [0.25, 0.3) is 11.0 Å². The Balaban J connectivity index is 1.64. The van der Waals surface area contributed by atoms with Crippen molar-refractivity contribution in [3.05, 3.63) is 24.3 Å². The Kier molecular flexibility index (Phi) is 3.14. The van der Waals surface area contributed by atoms with E-state index in [-0.39, 0.29) is 0 Å². The number of quaternary nitrogens is 1. The third-order valence-electron chi connectivity index (χ3n) is 5.72. The molecule has 0 bridgehead atoms. The minimum Gasteiger partial charge on any atom is -0.309 e. The first-order chi connectivity index (χ1) is 10.2. The maximum atomic E-state index is 4.71. The lowest BCUT2D eigenvalue weighted by atomic mass is 9.77. The Morgan fingerprint density at radius 1 is 1.24 bits per heavy atom. The van der Waals surface area contributed by atoms with Gasteiger partial charge in [-0.15, -0.1) is 0 Å². The van der Waals surface area contributed by atoms with Gasteiger partial charge in [0.05, 0.1) is 17.1 Å². The third kappa shape index (κ3) is 2.13. The van der Waals surface area contributed by atoms with Crippen molar-refractivity contribution in [2.75, 3.05) is 12.0 Å². The standard InChI is InChI=1S/C17H24N4/c1-12-6-5-9-15(13(12)2)20-10-18-17-19-14-7-3-4-8-16(14)21(17)11-20/h3-4,7-8,12-13,15H,5-6,9-11H2,1-2H3,(H,18,19)/p+1/t12-,13-,15+/m1/s1. The zero-order valence-electron chi connectivity index (χ0n) is 13.0. The number of fused-ring (bicyclic) bond motifs is 3. The number of para-hydroxylation sites is 2. The topological polar surface area (TPSA) is 34.3 Å². The lowest BCUT2D eigenvalue weighted by Crippen LogP contribution is -3.17. The van der Waals surface area contributed by atoms with Crippen molar-refractivity contribution in [3.63, 3.8) is 0 Å². The van der Waals surface area contributed by atoms with Crippen LogP contribution in [0, 0.1) is 11.8 Å². The Labute approximate surface area is 126 Å². The normalized spacial score (nSPS) is 32.7. The largest absolute Gasteiger partial charge is 0.309 e. The minimum absolute atomic E-state index is 0.774. The highest BCUT2D eigenvalue weighted by Gasteiger charge is 2.36. The first kappa shape index (κ1) is 13.1. The van der Waals surface area contributed by atoms with Gasteiger partial charge >= 0.3 is 0 Å². The van der Waals surface area contributed by atoms with Gasteiger partial charge < -0.3 is 5.32 Å². The number of imidazole rings is 1. The van der Waals surface area contributed by atoms with Crippen molar-refractivity contribution >= 4 is 17.0 Å². The molecule has 4 heteroatoms. The zero-order chi connectivity index (χ0) is 14.4. The molecule has 4 nitrogen and oxygen atoms in total. The van der Waals surface area contributed by atoms with Crippen molar-refractivity contribution in [3.8, 4) is 0 Å². The van der Waals surface area contributed by atoms with E-state index >= 15 is 0 Å². The van der Waals surface area contributed by atoms with E-state index in [0.29, 0.717) is 0 Å². The molecule has 4 atom stereocenters. The predicted octanol–water partition coefficient (Wildman–Crippen LogP) is 2.09. The maximum absolute atomic E-state index is 4.71. The van der Waals surface area contributed by atoms with Crippen LogP contribution in [-0.2, 0) is 6.67 Å². The van der Waals surface area contributed by atoms with E-state index in [9.17, 15) is 0 Å². The molecular formula is C17H25N4+. The summed E-state index contributed by atoms with van der Waals surface area (Å²) in [4.78, 5) is 6.38. The Hall–Kier alpha value is -1.55. The van der Waals surface area contributed by atoms with Crippen LogP contribution >= 0.6 is 0 Å². The van der Waals surface area contributed by atoms with Crippen molar-refractivity contribution < 1.29 is 4.90 Å². The monoisotopic (exact) mass is 285 g/mol.